The van der Waals surface area contributed by atoms with Gasteiger partial charge in [-0.3, -0.25) is 14.7 Å². The highest BCUT2D eigenvalue weighted by molar-refractivity contribution is 14.0. The first-order chi connectivity index (χ1) is 14.7. The second kappa shape index (κ2) is 14.5. The molecule has 3 fully saturated rings. The summed E-state index contributed by atoms with van der Waals surface area (Å²) in [5.41, 5.74) is 0.197. The van der Waals surface area contributed by atoms with E-state index in [-0.39, 0.29) is 29.5 Å². The summed E-state index contributed by atoms with van der Waals surface area (Å²) in [6.07, 6.45) is 11.5. The van der Waals surface area contributed by atoms with Gasteiger partial charge < -0.3 is 20.3 Å². The number of carbonyl (C=O) groups is 1. The van der Waals surface area contributed by atoms with E-state index < -0.39 is 0 Å². The number of halogens is 1. The Bertz CT molecular complexity index is 548. The highest BCUT2D eigenvalue weighted by Crippen LogP contribution is 2.34. The first-order valence-electron chi connectivity index (χ1n) is 12.4. The summed E-state index contributed by atoms with van der Waals surface area (Å²) in [6, 6.07) is 0. The molecule has 0 unspecified atom stereocenters. The molecule has 0 aromatic heterocycles. The average molecular weight is 550 g/mol. The van der Waals surface area contributed by atoms with Crippen molar-refractivity contribution in [3.63, 3.8) is 0 Å². The van der Waals surface area contributed by atoms with Crippen molar-refractivity contribution in [2.24, 2.45) is 4.99 Å². The zero-order valence-corrected chi connectivity index (χ0v) is 21.8. The van der Waals surface area contributed by atoms with Crippen molar-refractivity contribution in [3.8, 4) is 0 Å². The third kappa shape index (κ3) is 8.35. The topological polar surface area (TPSA) is 69.2 Å². The number of guanidine groups is 1. The fraction of sp³-hybridized carbons (Fsp3) is 0.913. The molecule has 1 saturated carbocycles. The molecule has 8 heteroatoms. The zero-order chi connectivity index (χ0) is 21.1. The highest BCUT2D eigenvalue weighted by atomic mass is 127. The van der Waals surface area contributed by atoms with Crippen molar-refractivity contribution >= 4 is 35.8 Å². The molecule has 2 N–H and O–H groups in total. The Labute approximate surface area is 206 Å². The maximum absolute atomic E-state index is 12.2. The molecule has 0 atom stereocenters. The summed E-state index contributed by atoms with van der Waals surface area (Å²) in [4.78, 5) is 21.9. The van der Waals surface area contributed by atoms with Crippen LogP contribution in [-0.2, 0) is 9.53 Å². The molecule has 2 heterocycles. The Kier molecular flexibility index (Phi) is 12.5. The van der Waals surface area contributed by atoms with Gasteiger partial charge in [0.2, 0.25) is 5.91 Å². The number of aliphatic imine (C=N–C) groups is 1. The van der Waals surface area contributed by atoms with Crippen LogP contribution in [0.5, 0.6) is 0 Å². The van der Waals surface area contributed by atoms with Crippen LogP contribution in [0.25, 0.3) is 0 Å². The predicted octanol–water partition coefficient (Wildman–Crippen LogP) is 2.99. The van der Waals surface area contributed by atoms with Gasteiger partial charge in [0.25, 0.3) is 0 Å². The number of nitrogens with one attached hydrogen (secondary N) is 2. The van der Waals surface area contributed by atoms with Crippen molar-refractivity contribution in [1.29, 1.82) is 0 Å². The van der Waals surface area contributed by atoms with Gasteiger partial charge in [0.1, 0.15) is 0 Å². The molecule has 0 spiro atoms. The van der Waals surface area contributed by atoms with E-state index in [0.717, 1.165) is 90.7 Å². The number of rotatable bonds is 8. The molecule has 180 valence electrons. The van der Waals surface area contributed by atoms with E-state index in [0.29, 0.717) is 5.91 Å². The fourth-order valence-electron chi connectivity index (χ4n) is 5.14. The lowest BCUT2D eigenvalue weighted by atomic mass is 9.80. The summed E-state index contributed by atoms with van der Waals surface area (Å²) < 4.78 is 5.60. The molecular weight excluding hydrogens is 505 g/mol. The summed E-state index contributed by atoms with van der Waals surface area (Å²) in [5, 5.41) is 6.92. The van der Waals surface area contributed by atoms with Gasteiger partial charge in [-0.05, 0) is 39.0 Å². The second-order valence-electron chi connectivity index (χ2n) is 9.05. The number of likely N-dealkylation sites (tertiary alicyclic amines) is 1. The van der Waals surface area contributed by atoms with Crippen LogP contribution in [0, 0.1) is 0 Å². The van der Waals surface area contributed by atoms with E-state index in [4.69, 9.17) is 9.73 Å². The molecule has 3 aliphatic rings. The molecule has 0 radical (unpaired) electrons. The number of nitrogens with zero attached hydrogens (tertiary/aromatic N) is 3. The Morgan fingerprint density at radius 3 is 2.52 bits per heavy atom. The van der Waals surface area contributed by atoms with Crippen molar-refractivity contribution in [2.75, 3.05) is 59.0 Å². The molecule has 0 bridgehead atoms. The van der Waals surface area contributed by atoms with Gasteiger partial charge in [0.05, 0.1) is 19.8 Å². The number of amides is 1. The Morgan fingerprint density at radius 2 is 1.77 bits per heavy atom. The molecular formula is C23H44IN5O2. The molecule has 0 aromatic carbocycles. The number of carbonyl (C=O) groups excluding carboxylic acids is 1. The number of hydrogen-bond donors (Lipinski definition) is 2. The summed E-state index contributed by atoms with van der Waals surface area (Å²) in [7, 11) is 0. The van der Waals surface area contributed by atoms with Crippen LogP contribution in [0.1, 0.15) is 71.1 Å². The summed E-state index contributed by atoms with van der Waals surface area (Å²) in [6.45, 7) is 10.2. The molecule has 0 aromatic rings. The smallest absolute Gasteiger partial charge is 0.222 e. The van der Waals surface area contributed by atoms with Crippen LogP contribution >= 0.6 is 24.0 Å². The van der Waals surface area contributed by atoms with Gasteiger partial charge in [-0.25, -0.2) is 0 Å². The van der Waals surface area contributed by atoms with E-state index in [1.807, 2.05) is 4.90 Å². The molecule has 1 amide bonds. The van der Waals surface area contributed by atoms with E-state index in [9.17, 15) is 4.79 Å². The third-order valence-electron chi connectivity index (χ3n) is 6.91. The van der Waals surface area contributed by atoms with Crippen LogP contribution in [0.4, 0.5) is 0 Å². The monoisotopic (exact) mass is 549 g/mol. The Morgan fingerprint density at radius 1 is 1.03 bits per heavy atom. The highest BCUT2D eigenvalue weighted by Gasteiger charge is 2.38. The normalized spacial score (nSPS) is 23.1. The average Bonchev–Trinajstić information content (AvgIpc) is 3.00. The maximum atomic E-state index is 12.2. The predicted molar refractivity (Wildman–Crippen MR) is 137 cm³/mol. The van der Waals surface area contributed by atoms with Crippen molar-refractivity contribution < 1.29 is 9.53 Å². The second-order valence-corrected chi connectivity index (χ2v) is 9.05. The van der Waals surface area contributed by atoms with Crippen LogP contribution in [0.2, 0.25) is 0 Å². The number of hydrogen-bond acceptors (Lipinski definition) is 4. The first-order valence-corrected chi connectivity index (χ1v) is 12.4. The minimum absolute atomic E-state index is 0. The molecule has 2 saturated heterocycles. The molecule has 1 aliphatic carbocycles. The van der Waals surface area contributed by atoms with Gasteiger partial charge in [-0.15, -0.1) is 24.0 Å². The number of ether oxygens (including phenoxy) is 1. The summed E-state index contributed by atoms with van der Waals surface area (Å²) in [5.74, 6) is 1.25. The van der Waals surface area contributed by atoms with Crippen molar-refractivity contribution in [3.05, 3.63) is 0 Å². The SMILES string of the molecule is CCNC(=NCC1(N2CCOCC2)CCCCC1)NCCCN1CCCCCC1=O.I. The lowest BCUT2D eigenvalue weighted by Gasteiger charge is -2.47. The van der Waals surface area contributed by atoms with Crippen LogP contribution < -0.4 is 10.6 Å². The fourth-order valence-corrected chi connectivity index (χ4v) is 5.14. The first kappa shape index (κ1) is 26.6. The summed E-state index contributed by atoms with van der Waals surface area (Å²) >= 11 is 0. The van der Waals surface area contributed by atoms with Crippen LogP contribution in [0.15, 0.2) is 4.99 Å². The molecule has 3 rings (SSSR count). The number of morpholine rings is 1. The quantitative estimate of drug-likeness (QED) is 0.211. The van der Waals surface area contributed by atoms with Gasteiger partial charge in [0, 0.05) is 51.2 Å². The molecule has 7 nitrogen and oxygen atoms in total. The lowest BCUT2D eigenvalue weighted by Crippen LogP contribution is -2.56. The van der Waals surface area contributed by atoms with Crippen LogP contribution in [0.3, 0.4) is 0 Å². The molecule has 2 aliphatic heterocycles. The minimum Gasteiger partial charge on any atom is -0.379 e. The lowest BCUT2D eigenvalue weighted by molar-refractivity contribution is -0.130. The van der Waals surface area contributed by atoms with Crippen molar-refractivity contribution in [1.82, 2.24) is 20.4 Å². The standard InChI is InChI=1S/C23H43N5O2.HI/c1-2-24-22(25-13-9-15-27-14-8-3-5-10-21(27)29)26-20-23(11-6-4-7-12-23)28-16-18-30-19-17-28;/h2-20H2,1H3,(H2,24,25,26);1H. The van der Waals surface area contributed by atoms with Gasteiger partial charge in [-0.1, -0.05) is 25.7 Å². The van der Waals surface area contributed by atoms with Crippen molar-refractivity contribution in [2.45, 2.75) is 76.7 Å². The van der Waals surface area contributed by atoms with E-state index in [2.05, 4.69) is 22.5 Å². The van der Waals surface area contributed by atoms with Gasteiger partial charge in [0.15, 0.2) is 5.96 Å². The largest absolute Gasteiger partial charge is 0.379 e. The third-order valence-corrected chi connectivity index (χ3v) is 6.91. The van der Waals surface area contributed by atoms with Gasteiger partial charge in [-0.2, -0.15) is 0 Å². The van der Waals surface area contributed by atoms with E-state index in [1.54, 1.807) is 0 Å². The maximum Gasteiger partial charge on any atom is 0.222 e. The minimum atomic E-state index is 0. The molecule has 31 heavy (non-hydrogen) atoms. The van der Waals surface area contributed by atoms with E-state index in [1.165, 1.54) is 38.5 Å². The van der Waals surface area contributed by atoms with Gasteiger partial charge >= 0.3 is 0 Å². The van der Waals surface area contributed by atoms with Crippen LogP contribution in [-0.4, -0.2) is 86.2 Å². The Hall–Kier alpha value is -0.610. The van der Waals surface area contributed by atoms with E-state index >= 15 is 0 Å². The zero-order valence-electron chi connectivity index (χ0n) is 19.5. The Balaban J connectivity index is 0.00000341.